The van der Waals surface area contributed by atoms with Gasteiger partial charge in [0.25, 0.3) is 0 Å². The zero-order valence-electron chi connectivity index (χ0n) is 16.1. The predicted molar refractivity (Wildman–Crippen MR) is 104 cm³/mol. The number of rotatable bonds is 7. The molecule has 0 saturated carbocycles. The first-order valence-corrected chi connectivity index (χ1v) is 10.1. The van der Waals surface area contributed by atoms with Gasteiger partial charge in [0.2, 0.25) is 5.91 Å². The van der Waals surface area contributed by atoms with Crippen LogP contribution in [0, 0.1) is 5.82 Å². The van der Waals surface area contributed by atoms with Crippen molar-refractivity contribution < 1.29 is 13.9 Å². The summed E-state index contributed by atoms with van der Waals surface area (Å²) in [6.45, 7) is 3.58. The Bertz CT molecular complexity index is 803. The van der Waals surface area contributed by atoms with Gasteiger partial charge in [-0.2, -0.15) is 5.10 Å². The molecular formula is C21H27FN4O2. The average Bonchev–Trinajstić information content (AvgIpc) is 3.45. The molecule has 7 heteroatoms. The van der Waals surface area contributed by atoms with Gasteiger partial charge in [0, 0.05) is 25.2 Å². The molecule has 1 N–H and O–H groups in total. The minimum Gasteiger partial charge on any atom is -0.490 e. The van der Waals surface area contributed by atoms with E-state index in [1.54, 1.807) is 18.2 Å². The molecule has 2 fully saturated rings. The normalized spacial score (nSPS) is 20.0. The Morgan fingerprint density at radius 1 is 1.21 bits per heavy atom. The number of ether oxygens (including phenoxy) is 1. The number of hydrogen-bond acceptors (Lipinski definition) is 4. The van der Waals surface area contributed by atoms with Gasteiger partial charge in [-0.25, -0.2) is 4.39 Å². The molecule has 2 aromatic rings. The van der Waals surface area contributed by atoms with Gasteiger partial charge in [-0.15, -0.1) is 0 Å². The molecule has 0 radical (unpaired) electrons. The van der Waals surface area contributed by atoms with E-state index in [1.165, 1.54) is 6.07 Å². The lowest BCUT2D eigenvalue weighted by molar-refractivity contribution is -0.131. The van der Waals surface area contributed by atoms with Crippen molar-refractivity contribution in [2.24, 2.45) is 0 Å². The number of likely N-dealkylation sites (tertiary alicyclic amines) is 2. The maximum atomic E-state index is 13.6. The summed E-state index contributed by atoms with van der Waals surface area (Å²) in [7, 11) is 0. The monoisotopic (exact) mass is 386 g/mol. The Kier molecular flexibility index (Phi) is 5.90. The summed E-state index contributed by atoms with van der Waals surface area (Å²) >= 11 is 0. The maximum absolute atomic E-state index is 13.6. The summed E-state index contributed by atoms with van der Waals surface area (Å²) < 4.78 is 19.1. The number of aromatic nitrogens is 2. The molecule has 0 spiro atoms. The Balaban J connectivity index is 1.31. The van der Waals surface area contributed by atoms with Crippen LogP contribution in [0.1, 0.15) is 43.1 Å². The molecule has 1 amide bonds. The van der Waals surface area contributed by atoms with E-state index < -0.39 is 0 Å². The van der Waals surface area contributed by atoms with E-state index in [0.29, 0.717) is 19.6 Å². The summed E-state index contributed by atoms with van der Waals surface area (Å²) in [5, 5.41) is 7.54. The molecule has 1 aromatic heterocycles. The number of amides is 1. The summed E-state index contributed by atoms with van der Waals surface area (Å²) in [4.78, 5) is 16.7. The number of hydrogen-bond donors (Lipinski definition) is 1. The van der Waals surface area contributed by atoms with Gasteiger partial charge >= 0.3 is 0 Å². The number of halogens is 1. The number of carbonyl (C=O) groups is 1. The minimum absolute atomic E-state index is 0.184. The summed E-state index contributed by atoms with van der Waals surface area (Å²) in [5.41, 5.74) is 1.94. The van der Waals surface area contributed by atoms with Crippen molar-refractivity contribution in [2.75, 3.05) is 32.8 Å². The standard InChI is InChI=1S/C21H27FN4O2/c22-17-6-1-2-8-20(17)28-13-9-16-14-18(24-23-16)19-7-5-12-26(19)15-21(27)25-10-3-4-11-25/h1-2,6,8,14,19H,3-5,7,9-13,15H2,(H,23,24)/t19-/m0/s1. The van der Waals surface area contributed by atoms with Crippen LogP contribution in [0.3, 0.4) is 0 Å². The van der Waals surface area contributed by atoms with Crippen LogP contribution >= 0.6 is 0 Å². The fourth-order valence-corrected chi connectivity index (χ4v) is 4.10. The zero-order valence-corrected chi connectivity index (χ0v) is 16.1. The van der Waals surface area contributed by atoms with Crippen LogP contribution in [-0.2, 0) is 11.2 Å². The number of benzene rings is 1. The van der Waals surface area contributed by atoms with Gasteiger partial charge in [0.1, 0.15) is 0 Å². The molecule has 3 heterocycles. The molecule has 4 rings (SSSR count). The van der Waals surface area contributed by atoms with E-state index in [1.807, 2.05) is 11.0 Å². The van der Waals surface area contributed by atoms with E-state index >= 15 is 0 Å². The first-order valence-electron chi connectivity index (χ1n) is 10.1. The lowest BCUT2D eigenvalue weighted by Gasteiger charge is -2.25. The molecular weight excluding hydrogens is 359 g/mol. The summed E-state index contributed by atoms with van der Waals surface area (Å²) in [6.07, 6.45) is 4.96. The Morgan fingerprint density at radius 3 is 2.86 bits per heavy atom. The highest BCUT2D eigenvalue weighted by Crippen LogP contribution is 2.31. The number of H-pyrrole nitrogens is 1. The van der Waals surface area contributed by atoms with E-state index in [0.717, 1.165) is 56.7 Å². The van der Waals surface area contributed by atoms with Crippen molar-refractivity contribution in [1.29, 1.82) is 0 Å². The third-order valence-corrected chi connectivity index (χ3v) is 5.62. The van der Waals surface area contributed by atoms with Gasteiger partial charge in [0.15, 0.2) is 11.6 Å². The molecule has 0 unspecified atom stereocenters. The first-order chi connectivity index (χ1) is 13.7. The van der Waals surface area contributed by atoms with Crippen LogP contribution in [0.5, 0.6) is 5.75 Å². The Hall–Kier alpha value is -2.41. The number of nitrogens with zero attached hydrogens (tertiary/aromatic N) is 3. The smallest absolute Gasteiger partial charge is 0.236 e. The van der Waals surface area contributed by atoms with Crippen molar-refractivity contribution in [3.63, 3.8) is 0 Å². The van der Waals surface area contributed by atoms with Crippen LogP contribution in [0.25, 0.3) is 0 Å². The summed E-state index contributed by atoms with van der Waals surface area (Å²) in [5.74, 6) is 0.153. The highest BCUT2D eigenvalue weighted by atomic mass is 19.1. The van der Waals surface area contributed by atoms with Crippen molar-refractivity contribution >= 4 is 5.91 Å². The molecule has 2 saturated heterocycles. The summed E-state index contributed by atoms with van der Waals surface area (Å²) in [6, 6.07) is 8.65. The van der Waals surface area contributed by atoms with Crippen LogP contribution < -0.4 is 4.74 Å². The van der Waals surface area contributed by atoms with Crippen LogP contribution in [0.15, 0.2) is 30.3 Å². The number of nitrogens with one attached hydrogen (secondary N) is 1. The average molecular weight is 386 g/mol. The van der Waals surface area contributed by atoms with E-state index in [2.05, 4.69) is 15.1 Å². The first kappa shape index (κ1) is 18.9. The van der Waals surface area contributed by atoms with Crippen LogP contribution in [0.2, 0.25) is 0 Å². The van der Waals surface area contributed by atoms with Crippen molar-refractivity contribution in [3.8, 4) is 5.75 Å². The van der Waals surface area contributed by atoms with Gasteiger partial charge in [-0.1, -0.05) is 12.1 Å². The third-order valence-electron chi connectivity index (χ3n) is 5.62. The lowest BCUT2D eigenvalue weighted by Crippen LogP contribution is -2.38. The zero-order chi connectivity index (χ0) is 19.3. The van der Waals surface area contributed by atoms with E-state index in [4.69, 9.17) is 4.74 Å². The quantitative estimate of drug-likeness (QED) is 0.795. The second-order valence-corrected chi connectivity index (χ2v) is 7.56. The molecule has 150 valence electrons. The molecule has 0 bridgehead atoms. The number of para-hydroxylation sites is 1. The van der Waals surface area contributed by atoms with Gasteiger partial charge in [-0.05, 0) is 50.4 Å². The van der Waals surface area contributed by atoms with E-state index in [9.17, 15) is 9.18 Å². The minimum atomic E-state index is -0.350. The van der Waals surface area contributed by atoms with Gasteiger partial charge in [-0.3, -0.25) is 14.8 Å². The third kappa shape index (κ3) is 4.35. The van der Waals surface area contributed by atoms with Gasteiger partial charge in [0.05, 0.1) is 24.9 Å². The van der Waals surface area contributed by atoms with Crippen molar-refractivity contribution in [1.82, 2.24) is 20.0 Å². The Morgan fingerprint density at radius 2 is 2.04 bits per heavy atom. The fourth-order valence-electron chi connectivity index (χ4n) is 4.10. The molecule has 0 aliphatic carbocycles. The molecule has 1 atom stereocenters. The SMILES string of the molecule is O=C(CN1CCC[C@H]1c1cc(CCOc2ccccc2F)[nH]n1)N1CCCC1. The molecule has 6 nitrogen and oxygen atoms in total. The molecule has 1 aromatic carbocycles. The molecule has 2 aliphatic rings. The van der Waals surface area contributed by atoms with Crippen molar-refractivity contribution in [2.45, 2.75) is 38.1 Å². The second-order valence-electron chi connectivity index (χ2n) is 7.56. The maximum Gasteiger partial charge on any atom is 0.236 e. The number of aromatic amines is 1. The molecule has 28 heavy (non-hydrogen) atoms. The van der Waals surface area contributed by atoms with Gasteiger partial charge < -0.3 is 9.64 Å². The second kappa shape index (κ2) is 8.73. The Labute approximate surface area is 164 Å². The predicted octanol–water partition coefficient (Wildman–Crippen LogP) is 2.93. The lowest BCUT2D eigenvalue weighted by atomic mass is 10.1. The highest BCUT2D eigenvalue weighted by molar-refractivity contribution is 5.78. The number of carbonyl (C=O) groups excluding carboxylic acids is 1. The fraction of sp³-hybridized carbons (Fsp3) is 0.524. The highest BCUT2D eigenvalue weighted by Gasteiger charge is 2.31. The molecule has 2 aliphatic heterocycles. The van der Waals surface area contributed by atoms with Crippen molar-refractivity contribution in [3.05, 3.63) is 47.5 Å². The van der Waals surface area contributed by atoms with Crippen LogP contribution in [-0.4, -0.2) is 58.7 Å². The van der Waals surface area contributed by atoms with E-state index in [-0.39, 0.29) is 23.5 Å². The largest absolute Gasteiger partial charge is 0.490 e. The topological polar surface area (TPSA) is 61.5 Å². The van der Waals surface area contributed by atoms with Crippen LogP contribution in [0.4, 0.5) is 4.39 Å².